The second-order valence-corrected chi connectivity index (χ2v) is 5.76. The van der Waals surface area contributed by atoms with E-state index in [4.69, 9.17) is 5.73 Å². The van der Waals surface area contributed by atoms with Gasteiger partial charge in [0.25, 0.3) is 5.91 Å². The molecule has 0 heterocycles. The van der Waals surface area contributed by atoms with Crippen LogP contribution in [0.1, 0.15) is 24.2 Å². The molecule has 0 fully saturated rings. The van der Waals surface area contributed by atoms with Crippen molar-refractivity contribution < 1.29 is 9.90 Å². The maximum Gasteiger partial charge on any atom is 0.255 e. The van der Waals surface area contributed by atoms with E-state index in [0.29, 0.717) is 11.3 Å². The summed E-state index contributed by atoms with van der Waals surface area (Å²) in [6.45, 7) is 3.58. The summed E-state index contributed by atoms with van der Waals surface area (Å²) in [4.78, 5) is 13.9. The van der Waals surface area contributed by atoms with Gasteiger partial charge >= 0.3 is 0 Å². The van der Waals surface area contributed by atoms with Crippen molar-refractivity contribution in [3.8, 4) is 0 Å². The number of nitrogens with two attached hydrogens (primary N) is 1. The molecule has 106 valence electrons. The summed E-state index contributed by atoms with van der Waals surface area (Å²) in [5.74, 6) is -0.185. The molecule has 20 heavy (non-hydrogen) atoms. The van der Waals surface area contributed by atoms with Crippen LogP contribution in [0.3, 0.4) is 0 Å². The van der Waals surface area contributed by atoms with Crippen molar-refractivity contribution in [1.82, 2.24) is 4.90 Å². The molecule has 0 spiro atoms. The van der Waals surface area contributed by atoms with Gasteiger partial charge in [0, 0.05) is 19.3 Å². The lowest BCUT2D eigenvalue weighted by atomic mass is 10.0. The summed E-state index contributed by atoms with van der Waals surface area (Å²) in [6, 6.07) is 11.4. The van der Waals surface area contributed by atoms with E-state index in [2.05, 4.69) is 0 Å². The zero-order chi connectivity index (χ0) is 14.9. The number of anilines is 1. The molecule has 0 aliphatic carbocycles. The Bertz CT molecular complexity index is 644. The van der Waals surface area contributed by atoms with Gasteiger partial charge in [-0.15, -0.1) is 0 Å². The van der Waals surface area contributed by atoms with Crippen LogP contribution in [0.5, 0.6) is 0 Å². The molecule has 0 radical (unpaired) electrons. The maximum atomic E-state index is 12.4. The highest BCUT2D eigenvalue weighted by Crippen LogP contribution is 2.23. The van der Waals surface area contributed by atoms with E-state index in [1.807, 2.05) is 24.3 Å². The summed E-state index contributed by atoms with van der Waals surface area (Å²) in [5, 5.41) is 11.8. The normalized spacial score (nSPS) is 11.6. The Morgan fingerprint density at radius 1 is 1.25 bits per heavy atom. The van der Waals surface area contributed by atoms with Crippen LogP contribution in [0, 0.1) is 0 Å². The van der Waals surface area contributed by atoms with E-state index < -0.39 is 5.60 Å². The number of likely N-dealkylation sites (N-methyl/N-ethyl adjacent to an activating group) is 1. The van der Waals surface area contributed by atoms with E-state index >= 15 is 0 Å². The molecule has 0 unspecified atom stereocenters. The number of rotatable bonds is 3. The van der Waals surface area contributed by atoms with Crippen LogP contribution in [0.2, 0.25) is 0 Å². The van der Waals surface area contributed by atoms with Gasteiger partial charge in [-0.05, 0) is 36.8 Å². The van der Waals surface area contributed by atoms with Crippen molar-refractivity contribution in [3.63, 3.8) is 0 Å². The van der Waals surface area contributed by atoms with Gasteiger partial charge < -0.3 is 15.7 Å². The quantitative estimate of drug-likeness (QED) is 0.842. The summed E-state index contributed by atoms with van der Waals surface area (Å²) in [6.07, 6.45) is 0. The minimum atomic E-state index is -0.935. The molecule has 0 aliphatic heterocycles. The molecule has 0 aliphatic rings. The summed E-state index contributed by atoms with van der Waals surface area (Å²) < 4.78 is 0. The molecule has 0 saturated heterocycles. The lowest BCUT2D eigenvalue weighted by Crippen LogP contribution is -2.39. The van der Waals surface area contributed by atoms with Gasteiger partial charge in [0.1, 0.15) is 0 Å². The van der Waals surface area contributed by atoms with E-state index in [1.54, 1.807) is 33.0 Å². The van der Waals surface area contributed by atoms with Crippen molar-refractivity contribution in [2.75, 3.05) is 19.3 Å². The van der Waals surface area contributed by atoms with Gasteiger partial charge in [-0.25, -0.2) is 0 Å². The summed E-state index contributed by atoms with van der Waals surface area (Å²) in [5.41, 5.74) is 5.97. The largest absolute Gasteiger partial charge is 0.398 e. The fourth-order valence-electron chi connectivity index (χ4n) is 2.30. The molecule has 2 aromatic carbocycles. The van der Waals surface area contributed by atoms with Gasteiger partial charge in [-0.1, -0.05) is 24.3 Å². The number of aliphatic hydroxyl groups is 1. The Balaban J connectivity index is 2.37. The van der Waals surface area contributed by atoms with Crippen molar-refractivity contribution >= 4 is 22.4 Å². The molecule has 2 aromatic rings. The van der Waals surface area contributed by atoms with E-state index in [0.717, 1.165) is 10.8 Å². The van der Waals surface area contributed by atoms with Gasteiger partial charge in [0.15, 0.2) is 0 Å². The SMILES string of the molecule is CN(CC(C)(C)O)C(=O)c1cc2ccccc2cc1N. The number of amides is 1. The number of hydrogen-bond donors (Lipinski definition) is 2. The van der Waals surface area contributed by atoms with Gasteiger partial charge in [0.05, 0.1) is 11.2 Å². The number of nitrogens with zero attached hydrogens (tertiary/aromatic N) is 1. The summed E-state index contributed by atoms with van der Waals surface area (Å²) >= 11 is 0. The molecular weight excluding hydrogens is 252 g/mol. The first kappa shape index (κ1) is 14.3. The van der Waals surface area contributed by atoms with Crippen LogP contribution in [0.15, 0.2) is 36.4 Å². The molecule has 0 atom stereocenters. The number of fused-ring (bicyclic) bond motifs is 1. The first-order chi connectivity index (χ1) is 9.28. The highest BCUT2D eigenvalue weighted by atomic mass is 16.3. The maximum absolute atomic E-state index is 12.4. The minimum absolute atomic E-state index is 0.185. The van der Waals surface area contributed by atoms with Crippen LogP contribution in [0.4, 0.5) is 5.69 Å². The van der Waals surface area contributed by atoms with E-state index in [9.17, 15) is 9.90 Å². The van der Waals surface area contributed by atoms with Crippen molar-refractivity contribution in [3.05, 3.63) is 42.0 Å². The number of nitrogen functional groups attached to an aromatic ring is 1. The Morgan fingerprint density at radius 2 is 1.80 bits per heavy atom. The Hall–Kier alpha value is -2.07. The molecule has 0 aromatic heterocycles. The highest BCUT2D eigenvalue weighted by molar-refractivity contribution is 6.03. The zero-order valence-electron chi connectivity index (χ0n) is 12.1. The fourth-order valence-corrected chi connectivity index (χ4v) is 2.30. The monoisotopic (exact) mass is 272 g/mol. The number of carbonyl (C=O) groups is 1. The predicted molar refractivity (Wildman–Crippen MR) is 81.6 cm³/mol. The Labute approximate surface area is 118 Å². The smallest absolute Gasteiger partial charge is 0.255 e. The average molecular weight is 272 g/mol. The average Bonchev–Trinajstić information content (AvgIpc) is 2.35. The molecule has 3 N–H and O–H groups in total. The molecule has 4 heteroatoms. The van der Waals surface area contributed by atoms with Crippen molar-refractivity contribution in [2.45, 2.75) is 19.4 Å². The number of benzene rings is 2. The number of hydrogen-bond acceptors (Lipinski definition) is 3. The molecular formula is C16H20N2O2. The molecule has 1 amide bonds. The molecule has 2 rings (SSSR count). The Kier molecular flexibility index (Phi) is 3.68. The molecule has 4 nitrogen and oxygen atoms in total. The van der Waals surface area contributed by atoms with Crippen LogP contribution in [-0.4, -0.2) is 35.1 Å². The van der Waals surface area contributed by atoms with Gasteiger partial charge in [0.2, 0.25) is 0 Å². The van der Waals surface area contributed by atoms with Crippen molar-refractivity contribution in [2.24, 2.45) is 0 Å². The second kappa shape index (κ2) is 5.13. The van der Waals surface area contributed by atoms with E-state index in [-0.39, 0.29) is 12.5 Å². The first-order valence-electron chi connectivity index (χ1n) is 6.54. The third-order valence-corrected chi connectivity index (χ3v) is 3.12. The molecule has 0 saturated carbocycles. The van der Waals surface area contributed by atoms with Crippen LogP contribution in [0.25, 0.3) is 10.8 Å². The van der Waals surface area contributed by atoms with Crippen LogP contribution < -0.4 is 5.73 Å². The van der Waals surface area contributed by atoms with Crippen molar-refractivity contribution in [1.29, 1.82) is 0 Å². The third-order valence-electron chi connectivity index (χ3n) is 3.12. The highest BCUT2D eigenvalue weighted by Gasteiger charge is 2.21. The third kappa shape index (κ3) is 3.08. The Morgan fingerprint density at radius 3 is 2.35 bits per heavy atom. The lowest BCUT2D eigenvalue weighted by Gasteiger charge is -2.26. The fraction of sp³-hybridized carbons (Fsp3) is 0.312. The summed E-state index contributed by atoms with van der Waals surface area (Å²) in [7, 11) is 1.66. The topological polar surface area (TPSA) is 66.6 Å². The van der Waals surface area contributed by atoms with Crippen LogP contribution >= 0.6 is 0 Å². The molecule has 0 bridgehead atoms. The minimum Gasteiger partial charge on any atom is -0.398 e. The van der Waals surface area contributed by atoms with Gasteiger partial charge in [-0.3, -0.25) is 4.79 Å². The first-order valence-corrected chi connectivity index (χ1v) is 6.54. The van der Waals surface area contributed by atoms with Crippen LogP contribution in [-0.2, 0) is 0 Å². The lowest BCUT2D eigenvalue weighted by molar-refractivity contribution is 0.0368. The van der Waals surface area contributed by atoms with E-state index in [1.165, 1.54) is 4.90 Å². The standard InChI is InChI=1S/C16H20N2O2/c1-16(2,20)10-18(3)15(19)13-8-11-6-4-5-7-12(11)9-14(13)17/h4-9,20H,10,17H2,1-3H3. The van der Waals surface area contributed by atoms with Gasteiger partial charge in [-0.2, -0.15) is 0 Å². The predicted octanol–water partition coefficient (Wildman–Crippen LogP) is 2.26. The second-order valence-electron chi connectivity index (χ2n) is 5.76. The zero-order valence-corrected chi connectivity index (χ0v) is 12.1. The number of carbonyl (C=O) groups excluding carboxylic acids is 1.